The van der Waals surface area contributed by atoms with E-state index in [0.717, 1.165) is 29.5 Å². The van der Waals surface area contributed by atoms with E-state index in [2.05, 4.69) is 9.98 Å². The van der Waals surface area contributed by atoms with Crippen LogP contribution in [0.1, 0.15) is 35.2 Å². The van der Waals surface area contributed by atoms with E-state index in [1.165, 1.54) is 11.3 Å². The van der Waals surface area contributed by atoms with Gasteiger partial charge in [0.25, 0.3) is 5.91 Å². The molecule has 1 aromatic carbocycles. The molecule has 2 aromatic heterocycles. The molecule has 2 heterocycles. The minimum atomic E-state index is -4.67. The fourth-order valence-corrected chi connectivity index (χ4v) is 4.13. The number of nitrogens with zero attached hydrogens (tertiary/aromatic N) is 3. The lowest BCUT2D eigenvalue weighted by Gasteiger charge is -2.25. The molecule has 0 saturated heterocycles. The van der Waals surface area contributed by atoms with Crippen molar-refractivity contribution in [2.45, 2.75) is 32.0 Å². The summed E-state index contributed by atoms with van der Waals surface area (Å²) < 4.78 is 55.5. The maximum absolute atomic E-state index is 14.0. The number of benzene rings is 1. The van der Waals surface area contributed by atoms with E-state index in [0.29, 0.717) is 35.5 Å². The van der Waals surface area contributed by atoms with Crippen molar-refractivity contribution in [2.24, 2.45) is 10.9 Å². The first-order chi connectivity index (χ1) is 13.3. The number of fused-ring (bicyclic) bond motifs is 1. The Labute approximate surface area is 161 Å². The number of carbonyl (C=O) groups is 1. The van der Waals surface area contributed by atoms with Gasteiger partial charge in [0.1, 0.15) is 5.82 Å². The summed E-state index contributed by atoms with van der Waals surface area (Å²) in [4.78, 5) is 20.9. The van der Waals surface area contributed by atoms with Crippen LogP contribution in [-0.4, -0.2) is 15.5 Å². The number of amides is 1. The summed E-state index contributed by atoms with van der Waals surface area (Å²) in [5.74, 6) is -1.61. The highest BCUT2D eigenvalue weighted by Crippen LogP contribution is 2.31. The maximum atomic E-state index is 14.0. The second kappa shape index (κ2) is 7.12. The Kier molecular flexibility index (Phi) is 4.78. The molecule has 146 valence electrons. The molecule has 0 N–H and O–H groups in total. The zero-order valence-electron chi connectivity index (χ0n) is 14.5. The van der Waals surface area contributed by atoms with Gasteiger partial charge in [-0.05, 0) is 43.0 Å². The number of rotatable bonds is 3. The fourth-order valence-electron chi connectivity index (χ4n) is 3.12. The van der Waals surface area contributed by atoms with Gasteiger partial charge in [0, 0.05) is 12.7 Å². The average molecular weight is 409 g/mol. The highest BCUT2D eigenvalue weighted by Gasteiger charge is 2.32. The normalized spacial score (nSPS) is 15.8. The average Bonchev–Trinajstić information content (AvgIpc) is 2.94. The van der Waals surface area contributed by atoms with Gasteiger partial charge in [-0.2, -0.15) is 18.2 Å². The van der Waals surface area contributed by atoms with Crippen molar-refractivity contribution in [1.82, 2.24) is 9.55 Å². The Morgan fingerprint density at radius 2 is 2.07 bits per heavy atom. The van der Waals surface area contributed by atoms with Gasteiger partial charge in [-0.3, -0.25) is 9.78 Å². The first-order valence-corrected chi connectivity index (χ1v) is 9.54. The highest BCUT2D eigenvalue weighted by molar-refractivity contribution is 7.16. The van der Waals surface area contributed by atoms with Crippen LogP contribution in [0.4, 0.5) is 17.6 Å². The van der Waals surface area contributed by atoms with Crippen LogP contribution in [0.2, 0.25) is 0 Å². The Balaban J connectivity index is 1.79. The highest BCUT2D eigenvalue weighted by atomic mass is 32.1. The van der Waals surface area contributed by atoms with Crippen LogP contribution >= 0.6 is 11.3 Å². The van der Waals surface area contributed by atoms with E-state index < -0.39 is 29.0 Å². The van der Waals surface area contributed by atoms with Crippen LogP contribution in [0, 0.1) is 11.7 Å². The van der Waals surface area contributed by atoms with E-state index in [-0.39, 0.29) is 0 Å². The number of hydrogen-bond donors (Lipinski definition) is 0. The second-order valence-corrected chi connectivity index (χ2v) is 7.75. The predicted molar refractivity (Wildman–Crippen MR) is 96.2 cm³/mol. The number of halogens is 4. The Bertz CT molecular complexity index is 1110. The first-order valence-electron chi connectivity index (χ1n) is 8.72. The van der Waals surface area contributed by atoms with Crippen LogP contribution in [0.25, 0.3) is 10.2 Å². The topological polar surface area (TPSA) is 47.2 Å². The lowest BCUT2D eigenvalue weighted by atomic mass is 9.85. The molecule has 0 bridgehead atoms. The number of thiazole rings is 1. The van der Waals surface area contributed by atoms with Gasteiger partial charge in [0.05, 0.1) is 27.5 Å². The van der Waals surface area contributed by atoms with Gasteiger partial charge in [0.15, 0.2) is 4.80 Å². The molecule has 4 rings (SSSR count). The molecular weight excluding hydrogens is 394 g/mol. The van der Waals surface area contributed by atoms with Crippen LogP contribution in [0.5, 0.6) is 0 Å². The quantitative estimate of drug-likeness (QED) is 0.584. The van der Waals surface area contributed by atoms with Crippen LogP contribution in [0.15, 0.2) is 41.7 Å². The molecule has 1 saturated carbocycles. The van der Waals surface area contributed by atoms with E-state index in [1.54, 1.807) is 18.5 Å². The summed E-state index contributed by atoms with van der Waals surface area (Å²) in [6.07, 6.45) is 1.90. The Hall–Kier alpha value is -2.55. The smallest absolute Gasteiger partial charge is 0.315 e. The number of alkyl halides is 3. The molecule has 0 unspecified atom stereocenters. The molecule has 4 nitrogen and oxygen atoms in total. The van der Waals surface area contributed by atoms with Crippen LogP contribution < -0.4 is 4.80 Å². The Morgan fingerprint density at radius 3 is 2.75 bits per heavy atom. The zero-order valence-corrected chi connectivity index (χ0v) is 15.4. The minimum Gasteiger partial charge on any atom is -0.315 e. The second-order valence-electron chi connectivity index (χ2n) is 6.74. The van der Waals surface area contributed by atoms with Gasteiger partial charge in [-0.15, -0.1) is 0 Å². The molecule has 28 heavy (non-hydrogen) atoms. The van der Waals surface area contributed by atoms with Crippen LogP contribution in [0.3, 0.4) is 0 Å². The van der Waals surface area contributed by atoms with Crippen molar-refractivity contribution < 1.29 is 22.4 Å². The molecule has 0 atom stereocenters. The molecular formula is C19H15F4N3OS. The predicted octanol–water partition coefficient (Wildman–Crippen LogP) is 4.80. The third kappa shape index (κ3) is 3.58. The number of hydrogen-bond acceptors (Lipinski definition) is 3. The van der Waals surface area contributed by atoms with Gasteiger partial charge in [-0.25, -0.2) is 4.39 Å². The largest absolute Gasteiger partial charge is 0.416 e. The molecule has 0 aliphatic heterocycles. The fraction of sp³-hybridized carbons (Fsp3) is 0.316. The van der Waals surface area contributed by atoms with Crippen molar-refractivity contribution in [1.29, 1.82) is 0 Å². The standard InChI is InChI=1S/C19H15F4N3OS/c20-14-5-4-12(19(21,22)23)8-13(14)17(27)25-18-26(10-11-2-1-3-11)15-9-24-7-6-16(15)28-18/h4-9,11H,1-3,10H2/b25-18-. The third-order valence-corrected chi connectivity index (χ3v) is 5.93. The summed E-state index contributed by atoms with van der Waals surface area (Å²) in [5.41, 5.74) is -0.980. The van der Waals surface area contributed by atoms with Crippen molar-refractivity contribution >= 4 is 27.5 Å². The Morgan fingerprint density at radius 1 is 1.29 bits per heavy atom. The van der Waals surface area contributed by atoms with Crippen LogP contribution in [-0.2, 0) is 12.7 Å². The molecule has 3 aromatic rings. The van der Waals surface area contributed by atoms with E-state index in [4.69, 9.17) is 0 Å². The van der Waals surface area contributed by atoms with Gasteiger partial charge in [-0.1, -0.05) is 17.8 Å². The van der Waals surface area contributed by atoms with E-state index in [9.17, 15) is 22.4 Å². The number of aromatic nitrogens is 2. The van der Waals surface area contributed by atoms with E-state index >= 15 is 0 Å². The summed E-state index contributed by atoms with van der Waals surface area (Å²) in [7, 11) is 0. The molecule has 1 fully saturated rings. The minimum absolute atomic E-state index is 0.330. The maximum Gasteiger partial charge on any atom is 0.416 e. The number of carbonyl (C=O) groups excluding carboxylic acids is 1. The summed E-state index contributed by atoms with van der Waals surface area (Å²) in [6.45, 7) is 0.642. The van der Waals surface area contributed by atoms with Gasteiger partial charge >= 0.3 is 6.18 Å². The molecule has 1 amide bonds. The van der Waals surface area contributed by atoms with Crippen molar-refractivity contribution in [2.75, 3.05) is 0 Å². The molecule has 0 spiro atoms. The van der Waals surface area contributed by atoms with Crippen molar-refractivity contribution in [3.63, 3.8) is 0 Å². The van der Waals surface area contributed by atoms with Crippen molar-refractivity contribution in [3.05, 3.63) is 58.4 Å². The van der Waals surface area contributed by atoms with E-state index in [1.807, 2.05) is 4.57 Å². The number of pyridine rings is 1. The third-order valence-electron chi connectivity index (χ3n) is 4.87. The summed E-state index contributed by atoms with van der Waals surface area (Å²) in [6, 6.07) is 3.54. The summed E-state index contributed by atoms with van der Waals surface area (Å²) in [5, 5.41) is 0. The zero-order chi connectivity index (χ0) is 19.9. The SMILES string of the molecule is O=C(/N=c1\sc2ccncc2n1CC1CCC1)c1cc(C(F)(F)F)ccc1F. The molecule has 0 radical (unpaired) electrons. The van der Waals surface area contributed by atoms with Gasteiger partial charge < -0.3 is 4.57 Å². The van der Waals surface area contributed by atoms with Gasteiger partial charge in [0.2, 0.25) is 0 Å². The molecule has 9 heteroatoms. The first kappa shape index (κ1) is 18.8. The monoisotopic (exact) mass is 409 g/mol. The molecule has 1 aliphatic carbocycles. The van der Waals surface area contributed by atoms with Crippen molar-refractivity contribution in [3.8, 4) is 0 Å². The summed E-state index contributed by atoms with van der Waals surface area (Å²) >= 11 is 1.23. The molecule has 1 aliphatic rings. The lowest BCUT2D eigenvalue weighted by molar-refractivity contribution is -0.137. The lowest BCUT2D eigenvalue weighted by Crippen LogP contribution is -2.25.